The SMILES string of the molecule is CC[C@H](C)[C@H](N)C(=O)NC(C(=O)O)c1cnn(C)c1. The fourth-order valence-electron chi connectivity index (χ4n) is 1.63. The van der Waals surface area contributed by atoms with Gasteiger partial charge in [0.15, 0.2) is 6.04 Å². The van der Waals surface area contributed by atoms with Crippen molar-refractivity contribution >= 4 is 11.9 Å². The van der Waals surface area contributed by atoms with Crippen LogP contribution in [0, 0.1) is 5.92 Å². The van der Waals surface area contributed by atoms with Crippen LogP contribution in [0.3, 0.4) is 0 Å². The molecule has 0 bridgehead atoms. The lowest BCUT2D eigenvalue weighted by Crippen LogP contribution is -2.47. The number of nitrogens with one attached hydrogen (secondary N) is 1. The molecule has 0 aliphatic carbocycles. The summed E-state index contributed by atoms with van der Waals surface area (Å²) in [6.45, 7) is 3.78. The molecule has 1 aromatic rings. The van der Waals surface area contributed by atoms with Crippen LogP contribution in [0.5, 0.6) is 0 Å². The largest absolute Gasteiger partial charge is 0.479 e. The van der Waals surface area contributed by atoms with Gasteiger partial charge in [0.2, 0.25) is 5.91 Å². The Balaban J connectivity index is 2.80. The fraction of sp³-hybridized carbons (Fsp3) is 0.583. The monoisotopic (exact) mass is 268 g/mol. The number of nitrogens with two attached hydrogens (primary N) is 1. The summed E-state index contributed by atoms with van der Waals surface area (Å²) in [5.41, 5.74) is 6.19. The van der Waals surface area contributed by atoms with Crippen LogP contribution in [0.4, 0.5) is 0 Å². The van der Waals surface area contributed by atoms with E-state index in [0.29, 0.717) is 5.56 Å². The first-order valence-corrected chi connectivity index (χ1v) is 6.14. The van der Waals surface area contributed by atoms with Gasteiger partial charge in [-0.25, -0.2) is 4.79 Å². The Kier molecular flexibility index (Phi) is 5.05. The highest BCUT2D eigenvalue weighted by atomic mass is 16.4. The fourth-order valence-corrected chi connectivity index (χ4v) is 1.63. The molecule has 4 N–H and O–H groups in total. The zero-order valence-corrected chi connectivity index (χ0v) is 11.3. The molecule has 0 aliphatic heterocycles. The van der Waals surface area contributed by atoms with Crippen molar-refractivity contribution in [2.75, 3.05) is 0 Å². The molecular weight excluding hydrogens is 248 g/mol. The Hall–Kier alpha value is -1.89. The summed E-state index contributed by atoms with van der Waals surface area (Å²) in [6, 6.07) is -1.85. The van der Waals surface area contributed by atoms with Crippen molar-refractivity contribution in [3.63, 3.8) is 0 Å². The Bertz CT molecular complexity index is 458. The van der Waals surface area contributed by atoms with Crippen molar-refractivity contribution in [3.8, 4) is 0 Å². The van der Waals surface area contributed by atoms with Gasteiger partial charge in [-0.2, -0.15) is 5.10 Å². The van der Waals surface area contributed by atoms with Gasteiger partial charge in [-0.05, 0) is 5.92 Å². The molecule has 0 saturated carbocycles. The van der Waals surface area contributed by atoms with Crippen molar-refractivity contribution in [2.24, 2.45) is 18.7 Å². The van der Waals surface area contributed by atoms with Crippen molar-refractivity contribution in [3.05, 3.63) is 18.0 Å². The highest BCUT2D eigenvalue weighted by molar-refractivity contribution is 5.87. The van der Waals surface area contributed by atoms with E-state index in [-0.39, 0.29) is 5.92 Å². The Labute approximate surface area is 111 Å². The highest BCUT2D eigenvalue weighted by Crippen LogP contribution is 2.13. The molecule has 106 valence electrons. The molecule has 1 unspecified atom stereocenters. The number of nitrogens with zero attached hydrogens (tertiary/aromatic N) is 2. The molecule has 19 heavy (non-hydrogen) atoms. The lowest BCUT2D eigenvalue weighted by Gasteiger charge is -2.20. The number of hydrogen-bond donors (Lipinski definition) is 3. The molecule has 0 aliphatic rings. The van der Waals surface area contributed by atoms with Gasteiger partial charge in [-0.15, -0.1) is 0 Å². The van der Waals surface area contributed by atoms with Gasteiger partial charge < -0.3 is 16.2 Å². The summed E-state index contributed by atoms with van der Waals surface area (Å²) >= 11 is 0. The number of carbonyl (C=O) groups excluding carboxylic acids is 1. The normalized spacial score (nSPS) is 15.6. The molecule has 0 aromatic carbocycles. The summed E-state index contributed by atoms with van der Waals surface area (Å²) < 4.78 is 1.48. The Morgan fingerprint density at radius 1 is 1.58 bits per heavy atom. The standard InChI is InChI=1S/C12H20N4O3/c1-4-7(2)9(13)11(17)15-10(12(18)19)8-5-14-16(3)6-8/h5-7,9-10H,4,13H2,1-3H3,(H,15,17)(H,18,19)/t7-,9-,10?/m0/s1. The van der Waals surface area contributed by atoms with E-state index in [9.17, 15) is 9.59 Å². The summed E-state index contributed by atoms with van der Waals surface area (Å²) in [4.78, 5) is 23.1. The lowest BCUT2D eigenvalue weighted by molar-refractivity contribution is -0.142. The minimum atomic E-state index is -1.14. The topological polar surface area (TPSA) is 110 Å². The number of carboxylic acid groups (broad SMARTS) is 1. The lowest BCUT2D eigenvalue weighted by atomic mass is 9.99. The van der Waals surface area contributed by atoms with E-state index in [1.165, 1.54) is 10.9 Å². The summed E-state index contributed by atoms with van der Waals surface area (Å²) in [6.07, 6.45) is 3.71. The maximum atomic E-state index is 11.9. The van der Waals surface area contributed by atoms with Crippen LogP contribution in [-0.2, 0) is 16.6 Å². The number of amides is 1. The molecule has 1 amide bonds. The van der Waals surface area contributed by atoms with Crippen molar-refractivity contribution in [1.82, 2.24) is 15.1 Å². The van der Waals surface area contributed by atoms with Crippen LogP contribution in [0.25, 0.3) is 0 Å². The molecule has 0 fully saturated rings. The van der Waals surface area contributed by atoms with Crippen LogP contribution >= 0.6 is 0 Å². The van der Waals surface area contributed by atoms with Gasteiger partial charge in [0.05, 0.1) is 12.2 Å². The third-order valence-electron chi connectivity index (χ3n) is 3.15. The average Bonchev–Trinajstić information content (AvgIpc) is 2.79. The molecule has 1 rings (SSSR count). The Morgan fingerprint density at radius 2 is 2.21 bits per heavy atom. The van der Waals surface area contributed by atoms with Crippen LogP contribution in [0.1, 0.15) is 31.9 Å². The second kappa shape index (κ2) is 6.33. The second-order valence-electron chi connectivity index (χ2n) is 4.64. The predicted octanol–water partition coefficient (Wildman–Crippen LogP) is 0.0354. The third kappa shape index (κ3) is 3.78. The molecule has 3 atom stereocenters. The number of rotatable bonds is 6. The number of carbonyl (C=O) groups is 2. The zero-order valence-electron chi connectivity index (χ0n) is 11.3. The summed E-state index contributed by atoms with van der Waals surface area (Å²) in [7, 11) is 1.68. The quantitative estimate of drug-likeness (QED) is 0.674. The van der Waals surface area contributed by atoms with E-state index in [1.54, 1.807) is 13.2 Å². The number of carboxylic acids is 1. The van der Waals surface area contributed by atoms with Gasteiger partial charge in [0.25, 0.3) is 0 Å². The van der Waals surface area contributed by atoms with Crippen molar-refractivity contribution in [1.29, 1.82) is 0 Å². The van der Waals surface area contributed by atoms with E-state index in [0.717, 1.165) is 6.42 Å². The summed E-state index contributed by atoms with van der Waals surface area (Å²) in [5.74, 6) is -1.62. The van der Waals surface area contributed by atoms with E-state index in [4.69, 9.17) is 10.8 Å². The van der Waals surface area contributed by atoms with Crippen LogP contribution in [0.15, 0.2) is 12.4 Å². The zero-order chi connectivity index (χ0) is 14.6. The van der Waals surface area contributed by atoms with Crippen molar-refractivity contribution in [2.45, 2.75) is 32.4 Å². The maximum Gasteiger partial charge on any atom is 0.331 e. The molecular formula is C12H20N4O3. The molecule has 1 aromatic heterocycles. The van der Waals surface area contributed by atoms with E-state index < -0.39 is 24.0 Å². The minimum absolute atomic E-state index is 0.0108. The highest BCUT2D eigenvalue weighted by Gasteiger charge is 2.27. The van der Waals surface area contributed by atoms with Crippen molar-refractivity contribution < 1.29 is 14.7 Å². The molecule has 0 saturated heterocycles. The smallest absolute Gasteiger partial charge is 0.331 e. The average molecular weight is 268 g/mol. The number of aromatic nitrogens is 2. The number of hydrogen-bond acceptors (Lipinski definition) is 4. The first kappa shape index (κ1) is 15.2. The second-order valence-corrected chi connectivity index (χ2v) is 4.64. The number of aliphatic carboxylic acids is 1. The van der Waals surface area contributed by atoms with Gasteiger partial charge in [0, 0.05) is 18.8 Å². The van der Waals surface area contributed by atoms with Crippen LogP contribution in [0.2, 0.25) is 0 Å². The predicted molar refractivity (Wildman–Crippen MR) is 69.2 cm³/mol. The number of aryl methyl sites for hydroxylation is 1. The molecule has 7 nitrogen and oxygen atoms in total. The molecule has 1 heterocycles. The van der Waals surface area contributed by atoms with Gasteiger partial charge in [-0.1, -0.05) is 20.3 Å². The minimum Gasteiger partial charge on any atom is -0.479 e. The maximum absolute atomic E-state index is 11.9. The van der Waals surface area contributed by atoms with Gasteiger partial charge in [0.1, 0.15) is 0 Å². The van der Waals surface area contributed by atoms with E-state index in [1.807, 2.05) is 13.8 Å². The van der Waals surface area contributed by atoms with E-state index in [2.05, 4.69) is 10.4 Å². The van der Waals surface area contributed by atoms with E-state index >= 15 is 0 Å². The summed E-state index contributed by atoms with van der Waals surface area (Å²) in [5, 5.41) is 15.5. The third-order valence-corrected chi connectivity index (χ3v) is 3.15. The van der Waals surface area contributed by atoms with Crippen LogP contribution in [-0.4, -0.2) is 32.8 Å². The van der Waals surface area contributed by atoms with Gasteiger partial charge >= 0.3 is 5.97 Å². The molecule has 7 heteroatoms. The molecule has 0 spiro atoms. The van der Waals surface area contributed by atoms with Gasteiger partial charge in [-0.3, -0.25) is 9.48 Å². The first-order valence-electron chi connectivity index (χ1n) is 6.14. The van der Waals surface area contributed by atoms with Crippen LogP contribution < -0.4 is 11.1 Å². The molecule has 0 radical (unpaired) electrons. The Morgan fingerprint density at radius 3 is 2.63 bits per heavy atom. The first-order chi connectivity index (χ1) is 8.86.